The van der Waals surface area contributed by atoms with Gasteiger partial charge in [-0.2, -0.15) is 0 Å². The van der Waals surface area contributed by atoms with Gasteiger partial charge in [0.05, 0.1) is 11.4 Å². The maximum atomic E-state index is 2.61. The molecule has 11 rings (SSSR count). The van der Waals surface area contributed by atoms with Crippen molar-refractivity contribution in [3.63, 3.8) is 0 Å². The van der Waals surface area contributed by atoms with E-state index in [2.05, 4.69) is 189 Å². The van der Waals surface area contributed by atoms with E-state index in [0.29, 0.717) is 0 Å². The minimum Gasteiger partial charge on any atom is -0.311 e. The first-order valence-corrected chi connectivity index (χ1v) is 18.2. The third-order valence-corrected chi connectivity index (χ3v) is 12.4. The number of benzene rings is 7. The summed E-state index contributed by atoms with van der Waals surface area (Å²) in [6.07, 6.45) is 0. The molecule has 4 aliphatic heterocycles. The van der Waals surface area contributed by atoms with Crippen LogP contribution in [0.4, 0.5) is 34.1 Å². The van der Waals surface area contributed by atoms with Crippen molar-refractivity contribution < 1.29 is 0 Å². The van der Waals surface area contributed by atoms with Crippen LogP contribution in [0.15, 0.2) is 152 Å². The first-order valence-electron chi connectivity index (χ1n) is 18.2. The zero-order valence-electron chi connectivity index (χ0n) is 29.4. The van der Waals surface area contributed by atoms with Gasteiger partial charge in [0, 0.05) is 33.6 Å². The molecule has 0 amide bonds. The van der Waals surface area contributed by atoms with Gasteiger partial charge in [0.15, 0.2) is 0 Å². The molecule has 0 spiro atoms. The zero-order chi connectivity index (χ0) is 34.2. The largest absolute Gasteiger partial charge is 0.311 e. The average Bonchev–Trinajstić information content (AvgIpc) is 3.17. The van der Waals surface area contributed by atoms with Crippen LogP contribution in [0.1, 0.15) is 49.9 Å². The molecule has 4 heterocycles. The highest BCUT2D eigenvalue weighted by atomic mass is 15.2. The highest BCUT2D eigenvalue weighted by Gasteiger charge is 2.52. The van der Waals surface area contributed by atoms with E-state index in [1.54, 1.807) is 0 Å². The van der Waals surface area contributed by atoms with Crippen LogP contribution in [-0.2, 0) is 10.8 Å². The van der Waals surface area contributed by atoms with Gasteiger partial charge in [0.25, 0.3) is 6.71 Å². The van der Waals surface area contributed by atoms with Crippen LogP contribution in [0.25, 0.3) is 22.3 Å². The van der Waals surface area contributed by atoms with Gasteiger partial charge in [-0.15, -0.1) is 0 Å². The smallest absolute Gasteiger partial charge is 0.252 e. The normalized spacial score (nSPS) is 16.0. The molecule has 2 nitrogen and oxygen atoms in total. The Hall–Kier alpha value is -5.80. The van der Waals surface area contributed by atoms with E-state index in [1.807, 2.05) is 0 Å². The molecule has 0 radical (unpaired) electrons. The molecule has 0 aromatic heterocycles. The lowest BCUT2D eigenvalue weighted by Crippen LogP contribution is -2.63. The van der Waals surface area contributed by atoms with E-state index in [-0.39, 0.29) is 17.5 Å². The van der Waals surface area contributed by atoms with Crippen molar-refractivity contribution in [1.82, 2.24) is 0 Å². The molecule has 242 valence electrons. The molecule has 0 aliphatic carbocycles. The molecule has 51 heavy (non-hydrogen) atoms. The van der Waals surface area contributed by atoms with E-state index in [9.17, 15) is 0 Å². The summed E-state index contributed by atoms with van der Waals surface area (Å²) in [6, 6.07) is 57.0. The summed E-state index contributed by atoms with van der Waals surface area (Å²) in [5, 5.41) is 0. The predicted molar refractivity (Wildman–Crippen MR) is 216 cm³/mol. The van der Waals surface area contributed by atoms with E-state index in [1.165, 1.54) is 95.0 Å². The number of fused-ring (bicyclic) bond motifs is 10. The highest BCUT2D eigenvalue weighted by molar-refractivity contribution is 7.00. The molecule has 0 atom stereocenters. The Kier molecular flexibility index (Phi) is 5.64. The molecule has 0 saturated heterocycles. The predicted octanol–water partition coefficient (Wildman–Crippen LogP) is 10.4. The van der Waals surface area contributed by atoms with E-state index in [0.717, 1.165) is 0 Å². The maximum absolute atomic E-state index is 2.61. The lowest BCUT2D eigenvalue weighted by atomic mass is 9.32. The van der Waals surface area contributed by atoms with E-state index in [4.69, 9.17) is 0 Å². The second kappa shape index (κ2) is 9.92. The summed E-state index contributed by atoms with van der Waals surface area (Å²) in [4.78, 5) is 5.23. The highest BCUT2D eigenvalue weighted by Crippen LogP contribution is 2.59. The van der Waals surface area contributed by atoms with Gasteiger partial charge in [-0.25, -0.2) is 0 Å². The van der Waals surface area contributed by atoms with Gasteiger partial charge in [-0.3, -0.25) is 0 Å². The Labute approximate surface area is 300 Å². The fraction of sp³-hybridized carbons (Fsp3) is 0.125. The number of hydrogen-bond acceptors (Lipinski definition) is 2. The zero-order valence-corrected chi connectivity index (χ0v) is 29.4. The van der Waals surface area contributed by atoms with Crippen LogP contribution in [0.2, 0.25) is 0 Å². The summed E-state index contributed by atoms with van der Waals surface area (Å²) in [6.45, 7) is 9.79. The minimum atomic E-state index is -0.190. The van der Waals surface area contributed by atoms with Gasteiger partial charge < -0.3 is 9.80 Å². The second-order valence-electron chi connectivity index (χ2n) is 15.7. The van der Waals surface area contributed by atoms with Crippen LogP contribution in [-0.4, -0.2) is 6.71 Å². The summed E-state index contributed by atoms with van der Waals surface area (Å²) in [5.74, 6) is 0. The molecular weight excluding hydrogens is 615 g/mol. The van der Waals surface area contributed by atoms with Gasteiger partial charge in [0.2, 0.25) is 0 Å². The number of rotatable bonds is 2. The van der Waals surface area contributed by atoms with Crippen molar-refractivity contribution in [3.05, 3.63) is 174 Å². The molecule has 0 N–H and O–H groups in total. The van der Waals surface area contributed by atoms with Crippen molar-refractivity contribution in [2.45, 2.75) is 38.5 Å². The van der Waals surface area contributed by atoms with Gasteiger partial charge in [-0.1, -0.05) is 149 Å². The first-order chi connectivity index (χ1) is 24.8. The van der Waals surface area contributed by atoms with Gasteiger partial charge in [-0.05, 0) is 91.2 Å². The molecule has 0 fully saturated rings. The first kappa shape index (κ1) is 29.0. The van der Waals surface area contributed by atoms with Crippen LogP contribution in [0.5, 0.6) is 0 Å². The Morgan fingerprint density at radius 3 is 1.24 bits per heavy atom. The van der Waals surface area contributed by atoms with Crippen molar-refractivity contribution in [3.8, 4) is 22.3 Å². The topological polar surface area (TPSA) is 6.48 Å². The van der Waals surface area contributed by atoms with Crippen LogP contribution in [0.3, 0.4) is 0 Å². The molecular formula is C48H37BN2. The Bertz CT molecular complexity index is 2430. The van der Waals surface area contributed by atoms with Crippen LogP contribution in [0, 0.1) is 0 Å². The van der Waals surface area contributed by atoms with E-state index < -0.39 is 0 Å². The minimum absolute atomic E-state index is 0.0562. The Morgan fingerprint density at radius 2 is 0.784 bits per heavy atom. The summed E-state index contributed by atoms with van der Waals surface area (Å²) in [5.41, 5.74) is 22.2. The molecule has 0 bridgehead atoms. The van der Waals surface area contributed by atoms with Crippen molar-refractivity contribution in [2.24, 2.45) is 0 Å². The number of nitrogens with zero attached hydrogens (tertiary/aromatic N) is 2. The Morgan fingerprint density at radius 1 is 0.373 bits per heavy atom. The molecule has 4 aliphatic rings. The van der Waals surface area contributed by atoms with Crippen molar-refractivity contribution >= 4 is 57.2 Å². The van der Waals surface area contributed by atoms with Crippen LogP contribution >= 0.6 is 0 Å². The quantitative estimate of drug-likeness (QED) is 0.172. The average molecular weight is 653 g/mol. The Balaban J connectivity index is 1.32. The maximum Gasteiger partial charge on any atom is 0.252 e. The molecule has 7 aromatic rings. The fourth-order valence-corrected chi connectivity index (χ4v) is 9.89. The molecule has 0 unspecified atom stereocenters. The summed E-state index contributed by atoms with van der Waals surface area (Å²) >= 11 is 0. The third kappa shape index (κ3) is 3.68. The second-order valence-corrected chi connectivity index (χ2v) is 15.7. The molecule has 0 saturated carbocycles. The van der Waals surface area contributed by atoms with Gasteiger partial charge >= 0.3 is 0 Å². The van der Waals surface area contributed by atoms with Gasteiger partial charge in [0.1, 0.15) is 0 Å². The van der Waals surface area contributed by atoms with Crippen molar-refractivity contribution in [2.75, 3.05) is 9.80 Å². The molecule has 7 aromatic carbocycles. The third-order valence-electron chi connectivity index (χ3n) is 12.4. The fourth-order valence-electron chi connectivity index (χ4n) is 9.89. The number of anilines is 6. The standard InChI is InChI=1S/C48H37BN2/c1-47(2)34-19-11-13-21-40(34)50-42-25-23-32(30-15-7-5-8-16-30)27-38(42)49-39-28-33(31-17-9-6-10-18-31)24-26-43(39)51-41-22-14-12-20-35(41)48(3,4)37-29-36(47)45(50)44(49)46(37)51/h5-29H,1-4H3. The lowest BCUT2D eigenvalue weighted by molar-refractivity contribution is 0.609. The van der Waals surface area contributed by atoms with Crippen molar-refractivity contribution in [1.29, 1.82) is 0 Å². The molecule has 3 heteroatoms. The number of para-hydroxylation sites is 2. The summed E-state index contributed by atoms with van der Waals surface area (Å²) in [7, 11) is 0. The van der Waals surface area contributed by atoms with Crippen LogP contribution < -0.4 is 26.2 Å². The SMILES string of the molecule is CC1(C)c2ccccc2N2c3ccc(-c4ccccc4)cc3B3c4cc(-c5ccccc5)ccc4N4c5ccccc5C(C)(C)c5cc1c2c3c54. The number of hydrogen-bond donors (Lipinski definition) is 0. The van der Waals surface area contributed by atoms with E-state index >= 15 is 0 Å². The summed E-state index contributed by atoms with van der Waals surface area (Å²) < 4.78 is 0. The lowest BCUT2D eigenvalue weighted by Gasteiger charge is -2.53. The monoisotopic (exact) mass is 652 g/mol.